The summed E-state index contributed by atoms with van der Waals surface area (Å²) >= 11 is 0. The van der Waals surface area contributed by atoms with E-state index in [9.17, 15) is 4.79 Å². The Bertz CT molecular complexity index is 836. The zero-order valence-corrected chi connectivity index (χ0v) is 14.4. The number of furan rings is 1. The second-order valence-corrected chi connectivity index (χ2v) is 6.67. The molecule has 1 aliphatic carbocycles. The summed E-state index contributed by atoms with van der Waals surface area (Å²) in [4.78, 5) is 17.1. The second kappa shape index (κ2) is 7.56. The van der Waals surface area contributed by atoms with Crippen LogP contribution in [-0.2, 0) is 11.2 Å². The van der Waals surface area contributed by atoms with Crippen molar-refractivity contribution < 1.29 is 13.7 Å². The first kappa shape index (κ1) is 16.6. The third kappa shape index (κ3) is 3.69. The van der Waals surface area contributed by atoms with Crippen LogP contribution in [0.5, 0.6) is 0 Å². The minimum absolute atomic E-state index is 0.0705. The maximum absolute atomic E-state index is 12.6. The Hall–Kier alpha value is -2.89. The number of amides is 1. The van der Waals surface area contributed by atoms with Gasteiger partial charge in [0.05, 0.1) is 6.26 Å². The van der Waals surface area contributed by atoms with E-state index in [-0.39, 0.29) is 17.9 Å². The first-order valence-electron chi connectivity index (χ1n) is 9.01. The molecule has 134 valence electrons. The van der Waals surface area contributed by atoms with E-state index in [2.05, 4.69) is 15.5 Å². The molecular formula is C20H21N3O3. The number of aromatic nitrogens is 2. The van der Waals surface area contributed by atoms with Gasteiger partial charge in [-0.1, -0.05) is 48.3 Å². The summed E-state index contributed by atoms with van der Waals surface area (Å²) in [5.41, 5.74) is 1.10. The number of hydrogen-bond donors (Lipinski definition) is 1. The highest BCUT2D eigenvalue weighted by atomic mass is 16.5. The summed E-state index contributed by atoms with van der Waals surface area (Å²) in [6.45, 7) is 0. The van der Waals surface area contributed by atoms with Gasteiger partial charge in [0.1, 0.15) is 6.04 Å². The van der Waals surface area contributed by atoms with Crippen molar-refractivity contribution in [3.8, 4) is 11.6 Å². The molecule has 0 spiro atoms. The molecule has 0 radical (unpaired) electrons. The Balaban J connectivity index is 1.56. The molecule has 1 fully saturated rings. The maximum atomic E-state index is 12.6. The fraction of sp³-hybridized carbons (Fsp3) is 0.350. The fourth-order valence-corrected chi connectivity index (χ4v) is 3.41. The Morgan fingerprint density at radius 3 is 2.69 bits per heavy atom. The molecule has 2 aromatic heterocycles. The Morgan fingerprint density at radius 1 is 1.15 bits per heavy atom. The zero-order chi connectivity index (χ0) is 17.8. The molecule has 0 aliphatic heterocycles. The lowest BCUT2D eigenvalue weighted by Gasteiger charge is -2.18. The smallest absolute Gasteiger partial charge is 0.249 e. The molecule has 4 rings (SSSR count). The Kier molecular flexibility index (Phi) is 4.82. The predicted molar refractivity (Wildman–Crippen MR) is 95.0 cm³/mol. The van der Waals surface area contributed by atoms with Crippen LogP contribution in [0.25, 0.3) is 11.6 Å². The van der Waals surface area contributed by atoms with Gasteiger partial charge in [-0.05, 0) is 30.5 Å². The quantitative estimate of drug-likeness (QED) is 0.728. The van der Waals surface area contributed by atoms with Crippen molar-refractivity contribution in [3.05, 3.63) is 60.2 Å². The minimum Gasteiger partial charge on any atom is -0.461 e. The van der Waals surface area contributed by atoms with Crippen LogP contribution in [0, 0.1) is 5.92 Å². The van der Waals surface area contributed by atoms with Crippen LogP contribution in [0.15, 0.2) is 57.7 Å². The number of hydrogen-bond acceptors (Lipinski definition) is 5. The van der Waals surface area contributed by atoms with Gasteiger partial charge in [-0.2, -0.15) is 4.98 Å². The number of rotatable bonds is 6. The maximum Gasteiger partial charge on any atom is 0.249 e. The predicted octanol–water partition coefficient (Wildman–Crippen LogP) is 3.92. The largest absolute Gasteiger partial charge is 0.461 e. The zero-order valence-electron chi connectivity index (χ0n) is 14.4. The summed E-state index contributed by atoms with van der Waals surface area (Å²) in [6.07, 6.45) is 6.29. The lowest BCUT2D eigenvalue weighted by Crippen LogP contribution is -2.34. The standard InChI is InChI=1S/C20H21N3O3/c24-19(15-9-4-5-10-15)21-16(13-14-7-2-1-3-8-14)20-22-18(23-26-20)17-11-6-12-25-17/h1-3,6-8,11-12,15-16H,4-5,9-10,13H2,(H,21,24). The van der Waals surface area contributed by atoms with Gasteiger partial charge in [-0.3, -0.25) is 4.79 Å². The van der Waals surface area contributed by atoms with Crippen molar-refractivity contribution in [2.45, 2.75) is 38.1 Å². The van der Waals surface area contributed by atoms with Crippen LogP contribution >= 0.6 is 0 Å². The number of carbonyl (C=O) groups excluding carboxylic acids is 1. The van der Waals surface area contributed by atoms with Crippen molar-refractivity contribution >= 4 is 5.91 Å². The van der Waals surface area contributed by atoms with E-state index in [0.717, 1.165) is 31.2 Å². The highest BCUT2D eigenvalue weighted by Crippen LogP contribution is 2.27. The van der Waals surface area contributed by atoms with Gasteiger partial charge in [0.25, 0.3) is 0 Å². The van der Waals surface area contributed by atoms with E-state index in [1.165, 1.54) is 0 Å². The van der Waals surface area contributed by atoms with Gasteiger partial charge in [0, 0.05) is 12.3 Å². The van der Waals surface area contributed by atoms with E-state index < -0.39 is 0 Å². The van der Waals surface area contributed by atoms with Crippen molar-refractivity contribution in [1.82, 2.24) is 15.5 Å². The summed E-state index contributed by atoms with van der Waals surface area (Å²) in [5, 5.41) is 7.11. The van der Waals surface area contributed by atoms with E-state index in [1.807, 2.05) is 30.3 Å². The fourth-order valence-electron chi connectivity index (χ4n) is 3.41. The average Bonchev–Trinajstić information content (AvgIpc) is 3.44. The molecule has 2 heterocycles. The number of benzene rings is 1. The van der Waals surface area contributed by atoms with Crippen LogP contribution < -0.4 is 5.32 Å². The molecule has 1 unspecified atom stereocenters. The van der Waals surface area contributed by atoms with Crippen LogP contribution in [0.3, 0.4) is 0 Å². The molecule has 1 aromatic carbocycles. The number of nitrogens with one attached hydrogen (secondary N) is 1. The van der Waals surface area contributed by atoms with Gasteiger partial charge in [0.15, 0.2) is 5.76 Å². The third-order valence-corrected chi connectivity index (χ3v) is 4.81. The van der Waals surface area contributed by atoms with E-state index in [0.29, 0.717) is 23.9 Å². The van der Waals surface area contributed by atoms with E-state index in [4.69, 9.17) is 8.94 Å². The first-order chi connectivity index (χ1) is 12.8. The summed E-state index contributed by atoms with van der Waals surface area (Å²) in [7, 11) is 0. The van der Waals surface area contributed by atoms with Gasteiger partial charge in [-0.15, -0.1) is 0 Å². The van der Waals surface area contributed by atoms with Crippen molar-refractivity contribution in [1.29, 1.82) is 0 Å². The highest BCUT2D eigenvalue weighted by Gasteiger charge is 2.28. The van der Waals surface area contributed by atoms with Gasteiger partial charge in [0.2, 0.25) is 17.6 Å². The molecule has 1 saturated carbocycles. The lowest BCUT2D eigenvalue weighted by molar-refractivity contribution is -0.125. The van der Waals surface area contributed by atoms with Crippen molar-refractivity contribution in [3.63, 3.8) is 0 Å². The van der Waals surface area contributed by atoms with Crippen LogP contribution in [0.1, 0.15) is 43.2 Å². The third-order valence-electron chi connectivity index (χ3n) is 4.81. The van der Waals surface area contributed by atoms with Crippen molar-refractivity contribution in [2.75, 3.05) is 0 Å². The molecule has 3 aromatic rings. The average molecular weight is 351 g/mol. The monoisotopic (exact) mass is 351 g/mol. The Morgan fingerprint density at radius 2 is 1.96 bits per heavy atom. The molecule has 1 atom stereocenters. The van der Waals surface area contributed by atoms with Crippen LogP contribution in [-0.4, -0.2) is 16.0 Å². The molecule has 1 aliphatic rings. The van der Waals surface area contributed by atoms with E-state index in [1.54, 1.807) is 18.4 Å². The first-order valence-corrected chi connectivity index (χ1v) is 9.01. The van der Waals surface area contributed by atoms with E-state index >= 15 is 0 Å². The SMILES string of the molecule is O=C(NC(Cc1ccccc1)c1nc(-c2ccco2)no1)C1CCCC1. The molecule has 6 heteroatoms. The highest BCUT2D eigenvalue weighted by molar-refractivity contribution is 5.79. The molecule has 1 N–H and O–H groups in total. The normalized spacial score (nSPS) is 15.8. The molecule has 0 saturated heterocycles. The molecule has 1 amide bonds. The van der Waals surface area contributed by atoms with Crippen LogP contribution in [0.2, 0.25) is 0 Å². The van der Waals surface area contributed by atoms with Crippen LogP contribution in [0.4, 0.5) is 0 Å². The molecule has 0 bridgehead atoms. The van der Waals surface area contributed by atoms with Gasteiger partial charge in [-0.25, -0.2) is 0 Å². The Labute approximate surface area is 151 Å². The lowest BCUT2D eigenvalue weighted by atomic mass is 10.0. The minimum atomic E-state index is -0.360. The summed E-state index contributed by atoms with van der Waals surface area (Å²) < 4.78 is 10.8. The number of carbonyl (C=O) groups is 1. The molecule has 26 heavy (non-hydrogen) atoms. The van der Waals surface area contributed by atoms with Gasteiger partial charge < -0.3 is 14.3 Å². The summed E-state index contributed by atoms with van der Waals surface area (Å²) in [5.74, 6) is 1.48. The number of nitrogens with zero attached hydrogens (tertiary/aromatic N) is 2. The summed E-state index contributed by atoms with van der Waals surface area (Å²) in [6, 6.07) is 13.2. The topological polar surface area (TPSA) is 81.2 Å². The van der Waals surface area contributed by atoms with Gasteiger partial charge >= 0.3 is 0 Å². The second-order valence-electron chi connectivity index (χ2n) is 6.67. The molecule has 6 nitrogen and oxygen atoms in total. The molecular weight excluding hydrogens is 330 g/mol. The van der Waals surface area contributed by atoms with Crippen molar-refractivity contribution in [2.24, 2.45) is 5.92 Å².